The Morgan fingerprint density at radius 3 is 2.28 bits per heavy atom. The second-order valence-electron chi connectivity index (χ2n) is 8.12. The van der Waals surface area contributed by atoms with Crippen molar-refractivity contribution in [2.45, 2.75) is 6.61 Å². The van der Waals surface area contributed by atoms with Crippen LogP contribution in [-0.2, 0) is 20.9 Å². The number of hydrogen-bond donors (Lipinski definition) is 0. The number of carbonyl (C=O) groups excluding carboxylic acids is 2. The molecule has 13 heteroatoms. The summed E-state index contributed by atoms with van der Waals surface area (Å²) in [4.78, 5) is 38.8. The average molecular weight is 696 g/mol. The molecule has 39 heavy (non-hydrogen) atoms. The number of anilines is 1. The Bertz CT molecular complexity index is 1480. The lowest BCUT2D eigenvalue weighted by atomic mass is 10.1. The molecule has 0 spiro atoms. The summed E-state index contributed by atoms with van der Waals surface area (Å²) in [5, 5.41) is 11.5. The number of carbonyl (C=O) groups is 2. The van der Waals surface area contributed by atoms with Crippen LogP contribution in [0.15, 0.2) is 75.3 Å². The molecule has 1 heterocycles. The highest BCUT2D eigenvalue weighted by Gasteiger charge is 2.40. The van der Waals surface area contributed by atoms with Gasteiger partial charge in [0.25, 0.3) is 11.6 Å². The predicted octanol–water partition coefficient (Wildman–Crippen LogP) is 6.50. The highest BCUT2D eigenvalue weighted by Crippen LogP contribution is 2.37. The average Bonchev–Trinajstić information content (AvgIpc) is 3.12. The van der Waals surface area contributed by atoms with Crippen molar-refractivity contribution < 1.29 is 24.0 Å². The standard InChI is InChI=1S/C26H18Br2ClN3O6S/c1-37-23(33)13-30-22(25(34)31(26(30)39)18-8-4-17(29)5-9-18)12-16-10-20(27)24(21(28)11-16)38-14-15-2-6-19(7-3-15)32(35)36/h2-12H,13-14H2,1H3/b22-12-. The minimum Gasteiger partial charge on any atom is -0.487 e. The van der Waals surface area contributed by atoms with Crippen LogP contribution in [-0.4, -0.2) is 40.5 Å². The van der Waals surface area contributed by atoms with E-state index >= 15 is 0 Å². The highest BCUT2D eigenvalue weighted by molar-refractivity contribution is 9.11. The van der Waals surface area contributed by atoms with Crippen molar-refractivity contribution >= 4 is 90.1 Å². The number of esters is 1. The van der Waals surface area contributed by atoms with Crippen LogP contribution in [0, 0.1) is 10.1 Å². The lowest BCUT2D eigenvalue weighted by Crippen LogP contribution is -2.35. The van der Waals surface area contributed by atoms with Crippen LogP contribution < -0.4 is 9.64 Å². The summed E-state index contributed by atoms with van der Waals surface area (Å²) in [7, 11) is 1.26. The first-order valence-electron chi connectivity index (χ1n) is 11.1. The molecule has 0 unspecified atom stereocenters. The number of hydrogen-bond acceptors (Lipinski definition) is 7. The van der Waals surface area contributed by atoms with Crippen molar-refractivity contribution in [3.8, 4) is 5.75 Å². The number of methoxy groups -OCH3 is 1. The second-order valence-corrected chi connectivity index (χ2v) is 10.6. The summed E-state index contributed by atoms with van der Waals surface area (Å²) in [5.74, 6) is -0.485. The van der Waals surface area contributed by atoms with Crippen LogP contribution in [0.3, 0.4) is 0 Å². The van der Waals surface area contributed by atoms with E-state index in [9.17, 15) is 19.7 Å². The molecule has 0 aliphatic carbocycles. The minimum absolute atomic E-state index is 0.00434. The van der Waals surface area contributed by atoms with Crippen LogP contribution >= 0.6 is 55.7 Å². The van der Waals surface area contributed by atoms with Crippen molar-refractivity contribution in [1.29, 1.82) is 0 Å². The number of rotatable bonds is 8. The number of amides is 1. The molecule has 1 fully saturated rings. The summed E-state index contributed by atoms with van der Waals surface area (Å²) in [6.07, 6.45) is 1.61. The van der Waals surface area contributed by atoms with Gasteiger partial charge in [-0.1, -0.05) is 11.6 Å². The first-order valence-corrected chi connectivity index (χ1v) is 13.5. The minimum atomic E-state index is -0.564. The van der Waals surface area contributed by atoms with Crippen LogP contribution in [0.4, 0.5) is 11.4 Å². The van der Waals surface area contributed by atoms with Gasteiger partial charge >= 0.3 is 5.97 Å². The molecule has 200 valence electrons. The van der Waals surface area contributed by atoms with Gasteiger partial charge in [-0.05, 0) is 110 Å². The smallest absolute Gasteiger partial charge is 0.325 e. The zero-order valence-electron chi connectivity index (χ0n) is 20.1. The zero-order chi connectivity index (χ0) is 28.3. The molecule has 0 saturated carbocycles. The van der Waals surface area contributed by atoms with Gasteiger partial charge in [0.2, 0.25) is 0 Å². The number of nitro groups is 1. The van der Waals surface area contributed by atoms with Gasteiger partial charge in [-0.2, -0.15) is 0 Å². The normalized spacial score (nSPS) is 14.2. The third kappa shape index (κ3) is 6.47. The number of nitrogens with zero attached hydrogens (tertiary/aromatic N) is 3. The molecule has 0 atom stereocenters. The molecule has 3 aromatic carbocycles. The molecule has 0 aromatic heterocycles. The molecule has 1 aliphatic rings. The number of thiocarbonyl (C=S) groups is 1. The first-order chi connectivity index (χ1) is 18.6. The van der Waals surface area contributed by atoms with E-state index in [4.69, 9.17) is 33.3 Å². The topological polar surface area (TPSA) is 102 Å². The third-order valence-corrected chi connectivity index (χ3v) is 7.42. The van der Waals surface area contributed by atoms with Gasteiger partial charge in [-0.3, -0.25) is 24.6 Å². The van der Waals surface area contributed by atoms with E-state index in [0.29, 0.717) is 31.0 Å². The van der Waals surface area contributed by atoms with E-state index in [2.05, 4.69) is 31.9 Å². The van der Waals surface area contributed by atoms with E-state index in [1.54, 1.807) is 54.6 Å². The van der Waals surface area contributed by atoms with E-state index < -0.39 is 16.8 Å². The third-order valence-electron chi connectivity index (χ3n) is 5.59. The van der Waals surface area contributed by atoms with Crippen molar-refractivity contribution in [2.75, 3.05) is 18.6 Å². The molecule has 4 rings (SSSR count). The van der Waals surface area contributed by atoms with Gasteiger partial charge in [0, 0.05) is 17.2 Å². The lowest BCUT2D eigenvalue weighted by molar-refractivity contribution is -0.384. The number of ether oxygens (including phenoxy) is 2. The molecule has 3 aromatic rings. The largest absolute Gasteiger partial charge is 0.487 e. The summed E-state index contributed by atoms with van der Waals surface area (Å²) >= 11 is 18.6. The molecule has 0 radical (unpaired) electrons. The Hall–Kier alpha value is -3.32. The van der Waals surface area contributed by atoms with E-state index in [1.807, 2.05) is 0 Å². The summed E-state index contributed by atoms with van der Waals surface area (Å²) in [5.41, 5.74) is 2.05. The quantitative estimate of drug-likeness (QED) is 0.0866. The first kappa shape index (κ1) is 28.7. The van der Waals surface area contributed by atoms with Crippen molar-refractivity contribution in [1.82, 2.24) is 4.90 Å². The number of benzene rings is 3. The number of nitro benzene ring substituents is 1. The SMILES string of the molecule is COC(=O)CN1C(=S)N(c2ccc(Cl)cc2)C(=O)/C1=C/c1cc(Br)c(OCc2ccc([N+](=O)[O-])cc2)c(Br)c1. The maximum absolute atomic E-state index is 13.5. The second kappa shape index (κ2) is 12.2. The van der Waals surface area contributed by atoms with Crippen LogP contribution in [0.1, 0.15) is 11.1 Å². The monoisotopic (exact) mass is 693 g/mol. The van der Waals surface area contributed by atoms with E-state index in [1.165, 1.54) is 29.0 Å². The molecule has 1 saturated heterocycles. The van der Waals surface area contributed by atoms with Crippen molar-refractivity contribution in [3.05, 3.63) is 102 Å². The lowest BCUT2D eigenvalue weighted by Gasteiger charge is -2.19. The molecule has 9 nitrogen and oxygen atoms in total. The highest BCUT2D eigenvalue weighted by atomic mass is 79.9. The Morgan fingerprint density at radius 2 is 1.72 bits per heavy atom. The maximum Gasteiger partial charge on any atom is 0.325 e. The number of halogens is 3. The fraction of sp³-hybridized carbons (Fsp3) is 0.115. The Labute approximate surface area is 250 Å². The molecular formula is C26H18Br2ClN3O6S. The van der Waals surface area contributed by atoms with Gasteiger partial charge in [0.1, 0.15) is 24.6 Å². The molecule has 1 aliphatic heterocycles. The fourth-order valence-corrected chi connectivity index (χ4v) is 5.60. The Balaban J connectivity index is 1.62. The van der Waals surface area contributed by atoms with Crippen LogP contribution in [0.25, 0.3) is 6.08 Å². The molecule has 1 amide bonds. The van der Waals surface area contributed by atoms with Crippen molar-refractivity contribution in [2.24, 2.45) is 0 Å². The molecule has 0 bridgehead atoms. The zero-order valence-corrected chi connectivity index (χ0v) is 24.8. The van der Waals surface area contributed by atoms with E-state index in [-0.39, 0.29) is 29.6 Å². The van der Waals surface area contributed by atoms with Crippen LogP contribution in [0.5, 0.6) is 5.75 Å². The number of non-ortho nitro benzene ring substituents is 1. The van der Waals surface area contributed by atoms with Gasteiger partial charge in [-0.15, -0.1) is 0 Å². The van der Waals surface area contributed by atoms with E-state index in [0.717, 1.165) is 5.56 Å². The Morgan fingerprint density at radius 1 is 1.10 bits per heavy atom. The van der Waals surface area contributed by atoms with Gasteiger partial charge in [-0.25, -0.2) is 0 Å². The molecular weight excluding hydrogens is 678 g/mol. The van der Waals surface area contributed by atoms with Gasteiger partial charge in [0.05, 0.1) is 26.7 Å². The predicted molar refractivity (Wildman–Crippen MR) is 158 cm³/mol. The molecule has 0 N–H and O–H groups in total. The summed E-state index contributed by atoms with van der Waals surface area (Å²) < 4.78 is 11.9. The summed E-state index contributed by atoms with van der Waals surface area (Å²) in [6, 6.07) is 16.2. The van der Waals surface area contributed by atoms with Crippen LogP contribution in [0.2, 0.25) is 5.02 Å². The van der Waals surface area contributed by atoms with Gasteiger partial charge < -0.3 is 14.4 Å². The summed E-state index contributed by atoms with van der Waals surface area (Å²) in [6.45, 7) is -0.0822. The van der Waals surface area contributed by atoms with Crippen molar-refractivity contribution in [3.63, 3.8) is 0 Å². The Kier molecular flexibility index (Phi) is 9.01. The van der Waals surface area contributed by atoms with Gasteiger partial charge in [0.15, 0.2) is 5.11 Å². The maximum atomic E-state index is 13.5. The fourth-order valence-electron chi connectivity index (χ4n) is 3.67.